The number of hydrogen-bond acceptors (Lipinski definition) is 2. The van der Waals surface area contributed by atoms with E-state index < -0.39 is 5.82 Å². The van der Waals surface area contributed by atoms with Crippen molar-refractivity contribution < 1.29 is 4.39 Å². The first-order chi connectivity index (χ1) is 10.2. The SMILES string of the molecule is CCn1c(Cc2cccc(F)c2C#N)nc2ccccc21. The molecule has 0 amide bonds. The molecule has 3 rings (SSSR count). The van der Waals surface area contributed by atoms with Crippen molar-refractivity contribution in [2.24, 2.45) is 0 Å². The smallest absolute Gasteiger partial charge is 0.141 e. The van der Waals surface area contributed by atoms with Gasteiger partial charge >= 0.3 is 0 Å². The van der Waals surface area contributed by atoms with Crippen molar-refractivity contribution in [3.8, 4) is 6.07 Å². The van der Waals surface area contributed by atoms with Gasteiger partial charge in [-0.25, -0.2) is 9.37 Å². The summed E-state index contributed by atoms with van der Waals surface area (Å²) in [6.07, 6.45) is 0.448. The van der Waals surface area contributed by atoms with Crippen LogP contribution in [-0.4, -0.2) is 9.55 Å². The quantitative estimate of drug-likeness (QED) is 0.734. The maximum atomic E-state index is 13.7. The van der Waals surface area contributed by atoms with Gasteiger partial charge in [-0.2, -0.15) is 5.26 Å². The molecule has 0 spiro atoms. The van der Waals surface area contributed by atoms with Crippen molar-refractivity contribution >= 4 is 11.0 Å². The van der Waals surface area contributed by atoms with Crippen LogP contribution in [0.3, 0.4) is 0 Å². The third kappa shape index (κ3) is 2.27. The van der Waals surface area contributed by atoms with Crippen LogP contribution in [0.1, 0.15) is 23.9 Å². The molecule has 0 atom stereocenters. The molecule has 21 heavy (non-hydrogen) atoms. The molecule has 0 fully saturated rings. The molecule has 4 heteroatoms. The Bertz CT molecular complexity index is 843. The van der Waals surface area contributed by atoms with Gasteiger partial charge in [-0.3, -0.25) is 0 Å². The molecule has 1 aromatic heterocycles. The lowest BCUT2D eigenvalue weighted by molar-refractivity contribution is 0.621. The van der Waals surface area contributed by atoms with Crippen molar-refractivity contribution in [1.29, 1.82) is 5.26 Å². The highest BCUT2D eigenvalue weighted by molar-refractivity contribution is 5.76. The summed E-state index contributed by atoms with van der Waals surface area (Å²) in [5.41, 5.74) is 2.75. The zero-order valence-corrected chi connectivity index (χ0v) is 11.7. The molecule has 3 aromatic rings. The predicted molar refractivity (Wildman–Crippen MR) is 79.3 cm³/mol. The van der Waals surface area contributed by atoms with E-state index in [4.69, 9.17) is 5.26 Å². The summed E-state index contributed by atoms with van der Waals surface area (Å²) in [5, 5.41) is 9.13. The Labute approximate surface area is 122 Å². The number of fused-ring (bicyclic) bond motifs is 1. The first-order valence-electron chi connectivity index (χ1n) is 6.86. The van der Waals surface area contributed by atoms with Crippen LogP contribution >= 0.6 is 0 Å². The van der Waals surface area contributed by atoms with Crippen LogP contribution in [0.4, 0.5) is 4.39 Å². The third-order valence-electron chi connectivity index (χ3n) is 3.61. The average Bonchev–Trinajstić information content (AvgIpc) is 2.84. The minimum atomic E-state index is -0.478. The largest absolute Gasteiger partial charge is 0.328 e. The summed E-state index contributed by atoms with van der Waals surface area (Å²) >= 11 is 0. The molecule has 0 saturated carbocycles. The average molecular weight is 279 g/mol. The van der Waals surface area contributed by atoms with Gasteiger partial charge < -0.3 is 4.57 Å². The molecule has 3 nitrogen and oxygen atoms in total. The van der Waals surface area contributed by atoms with Crippen LogP contribution in [0.5, 0.6) is 0 Å². The van der Waals surface area contributed by atoms with E-state index in [-0.39, 0.29) is 5.56 Å². The van der Waals surface area contributed by atoms with E-state index in [0.29, 0.717) is 12.0 Å². The van der Waals surface area contributed by atoms with Gasteiger partial charge in [-0.1, -0.05) is 24.3 Å². The molecule has 0 N–H and O–H groups in total. The summed E-state index contributed by atoms with van der Waals surface area (Å²) in [7, 11) is 0. The summed E-state index contributed by atoms with van der Waals surface area (Å²) < 4.78 is 15.8. The fourth-order valence-electron chi connectivity index (χ4n) is 2.62. The topological polar surface area (TPSA) is 41.6 Å². The molecule has 0 aliphatic carbocycles. The second kappa shape index (κ2) is 5.37. The minimum absolute atomic E-state index is 0.104. The Balaban J connectivity index is 2.11. The van der Waals surface area contributed by atoms with Crippen LogP contribution in [0.2, 0.25) is 0 Å². The van der Waals surface area contributed by atoms with E-state index in [1.54, 1.807) is 12.1 Å². The van der Waals surface area contributed by atoms with Gasteiger partial charge in [0.25, 0.3) is 0 Å². The third-order valence-corrected chi connectivity index (χ3v) is 3.61. The molecule has 1 heterocycles. The molecule has 0 unspecified atom stereocenters. The molecule has 2 aromatic carbocycles. The monoisotopic (exact) mass is 279 g/mol. The highest BCUT2D eigenvalue weighted by Crippen LogP contribution is 2.21. The Kier molecular flexibility index (Phi) is 3.41. The number of hydrogen-bond donors (Lipinski definition) is 0. The van der Waals surface area contributed by atoms with Gasteiger partial charge in [0.05, 0.1) is 16.6 Å². The minimum Gasteiger partial charge on any atom is -0.328 e. The lowest BCUT2D eigenvalue weighted by Crippen LogP contribution is -2.04. The van der Waals surface area contributed by atoms with Gasteiger partial charge in [-0.15, -0.1) is 0 Å². The van der Waals surface area contributed by atoms with Crippen LogP contribution < -0.4 is 0 Å². The summed E-state index contributed by atoms with van der Waals surface area (Å²) in [4.78, 5) is 4.61. The molecule has 104 valence electrons. The molecular weight excluding hydrogens is 265 g/mol. The zero-order valence-electron chi connectivity index (χ0n) is 11.7. The Morgan fingerprint density at radius 3 is 2.76 bits per heavy atom. The Morgan fingerprint density at radius 1 is 1.19 bits per heavy atom. The lowest BCUT2D eigenvalue weighted by Gasteiger charge is -2.07. The molecule has 0 saturated heterocycles. The molecular formula is C17H14FN3. The van der Waals surface area contributed by atoms with Gasteiger partial charge in [-0.05, 0) is 30.7 Å². The number of halogens is 1. The fourth-order valence-corrected chi connectivity index (χ4v) is 2.62. The first-order valence-corrected chi connectivity index (χ1v) is 6.86. The normalized spacial score (nSPS) is 10.7. The first kappa shape index (κ1) is 13.3. The highest BCUT2D eigenvalue weighted by atomic mass is 19.1. The molecule has 0 aliphatic rings. The summed E-state index contributed by atoms with van der Waals surface area (Å²) in [5.74, 6) is 0.370. The van der Waals surface area contributed by atoms with Crippen LogP contribution in [0, 0.1) is 17.1 Å². The van der Waals surface area contributed by atoms with E-state index in [2.05, 4.69) is 16.5 Å². The maximum absolute atomic E-state index is 13.7. The van der Waals surface area contributed by atoms with Crippen molar-refractivity contribution in [1.82, 2.24) is 9.55 Å². The van der Waals surface area contributed by atoms with E-state index in [1.165, 1.54) is 6.07 Å². The zero-order chi connectivity index (χ0) is 14.8. The molecule has 0 radical (unpaired) electrons. The predicted octanol–water partition coefficient (Wildman–Crippen LogP) is 3.66. The summed E-state index contributed by atoms with van der Waals surface area (Å²) in [6.45, 7) is 2.83. The number of benzene rings is 2. The van der Waals surface area contributed by atoms with Crippen LogP contribution in [-0.2, 0) is 13.0 Å². The standard InChI is InChI=1S/C17H14FN3/c1-2-21-16-9-4-3-8-15(16)20-17(21)10-12-6-5-7-14(18)13(12)11-19/h3-9H,2,10H2,1H3. The number of imidazole rings is 1. The Morgan fingerprint density at radius 2 is 2.00 bits per heavy atom. The van der Waals surface area contributed by atoms with Gasteiger partial charge in [0.15, 0.2) is 0 Å². The number of nitriles is 1. The number of aryl methyl sites for hydroxylation is 1. The van der Waals surface area contributed by atoms with Gasteiger partial charge in [0, 0.05) is 13.0 Å². The van der Waals surface area contributed by atoms with Gasteiger partial charge in [0.2, 0.25) is 0 Å². The Hall–Kier alpha value is -2.67. The van der Waals surface area contributed by atoms with Crippen molar-refractivity contribution in [2.75, 3.05) is 0 Å². The van der Waals surface area contributed by atoms with Crippen LogP contribution in [0.15, 0.2) is 42.5 Å². The van der Waals surface area contributed by atoms with E-state index in [1.807, 2.05) is 30.3 Å². The van der Waals surface area contributed by atoms with Crippen LogP contribution in [0.25, 0.3) is 11.0 Å². The van der Waals surface area contributed by atoms with E-state index >= 15 is 0 Å². The number of rotatable bonds is 3. The molecule has 0 aliphatic heterocycles. The fraction of sp³-hybridized carbons (Fsp3) is 0.176. The second-order valence-corrected chi connectivity index (χ2v) is 4.82. The lowest BCUT2D eigenvalue weighted by atomic mass is 10.0. The van der Waals surface area contributed by atoms with Gasteiger partial charge in [0.1, 0.15) is 17.7 Å². The second-order valence-electron chi connectivity index (χ2n) is 4.82. The summed E-state index contributed by atoms with van der Waals surface area (Å²) in [6, 6.07) is 14.6. The molecule has 0 bridgehead atoms. The van der Waals surface area contributed by atoms with E-state index in [0.717, 1.165) is 23.4 Å². The number of para-hydroxylation sites is 2. The van der Waals surface area contributed by atoms with Crippen molar-refractivity contribution in [3.63, 3.8) is 0 Å². The number of aromatic nitrogens is 2. The number of nitrogens with zero attached hydrogens (tertiary/aromatic N) is 3. The van der Waals surface area contributed by atoms with Crippen molar-refractivity contribution in [2.45, 2.75) is 19.9 Å². The highest BCUT2D eigenvalue weighted by Gasteiger charge is 2.13. The van der Waals surface area contributed by atoms with E-state index in [9.17, 15) is 4.39 Å². The maximum Gasteiger partial charge on any atom is 0.141 e. The van der Waals surface area contributed by atoms with Crippen molar-refractivity contribution in [3.05, 3.63) is 65.2 Å².